The molecule has 4 aliphatic heterocycles. The van der Waals surface area contributed by atoms with Gasteiger partial charge >= 0.3 is 11.9 Å². The third-order valence-corrected chi connectivity index (χ3v) is 10.4. The summed E-state index contributed by atoms with van der Waals surface area (Å²) >= 11 is 1.42. The molecule has 1 aromatic heterocycles. The van der Waals surface area contributed by atoms with Crippen molar-refractivity contribution in [1.82, 2.24) is 0 Å². The van der Waals surface area contributed by atoms with Gasteiger partial charge in [0.05, 0.1) is 43.6 Å². The summed E-state index contributed by atoms with van der Waals surface area (Å²) in [6.07, 6.45) is -8.62. The lowest BCUT2D eigenvalue weighted by Crippen LogP contribution is -2.62. The normalized spacial score (nSPS) is 34.5. The number of hydrogen-bond acceptors (Lipinski definition) is 16. The molecule has 3 saturated heterocycles. The summed E-state index contributed by atoms with van der Waals surface area (Å²) in [5.74, 6) is -7.18. The number of phenols is 1. The van der Waals surface area contributed by atoms with Gasteiger partial charge < -0.3 is 68.2 Å². The number of carbonyl (C=O) groups excluding carboxylic acids is 1. The van der Waals surface area contributed by atoms with Crippen molar-refractivity contribution >= 4 is 17.3 Å². The number of esters is 1. The number of carbonyl (C=O) groups is 1. The van der Waals surface area contributed by atoms with Gasteiger partial charge in [0, 0.05) is 5.92 Å². The molecule has 0 amide bonds. The first-order valence-corrected chi connectivity index (χ1v) is 16.0. The second-order valence-corrected chi connectivity index (χ2v) is 13.1. The van der Waals surface area contributed by atoms with E-state index in [1.54, 1.807) is 12.1 Å². The van der Waals surface area contributed by atoms with Crippen molar-refractivity contribution < 1.29 is 73.0 Å². The summed E-state index contributed by atoms with van der Waals surface area (Å²) in [5.41, 5.74) is 1.21. The zero-order valence-electron chi connectivity index (χ0n) is 25.5. The van der Waals surface area contributed by atoms with E-state index in [0.717, 1.165) is 4.88 Å². The van der Waals surface area contributed by atoms with E-state index in [-0.39, 0.29) is 30.6 Å². The maximum Gasteiger partial charge on any atom is 0.331 e. The number of fused-ring (bicyclic) bond motifs is 4. The third-order valence-electron chi connectivity index (χ3n) is 9.50. The van der Waals surface area contributed by atoms with Gasteiger partial charge in [-0.15, -0.1) is 11.3 Å². The van der Waals surface area contributed by atoms with Gasteiger partial charge in [0.25, 0.3) is 0 Å². The Labute approximate surface area is 276 Å². The SMILES string of the molecule is COc1cc(C2c3cc4c(cc3C(OC3OC5COC(c6cccs6)OC5C(O)C3O)C3C2C(=O)OC3(O)O)OCO4)cc(OC)c1O. The Balaban J connectivity index is 1.20. The van der Waals surface area contributed by atoms with Gasteiger partial charge in [-0.05, 0) is 52.4 Å². The molecular formula is C32H32O15S. The first-order chi connectivity index (χ1) is 23.1. The molecule has 15 nitrogen and oxygen atoms in total. The maximum atomic E-state index is 13.6. The molecule has 10 unspecified atom stereocenters. The van der Waals surface area contributed by atoms with Gasteiger partial charge in [-0.25, -0.2) is 0 Å². The molecule has 3 aromatic rings. The molecule has 5 aliphatic rings. The van der Waals surface area contributed by atoms with E-state index in [9.17, 15) is 30.3 Å². The minimum absolute atomic E-state index is 0.000987. The molecule has 2 aromatic carbocycles. The molecule has 48 heavy (non-hydrogen) atoms. The Morgan fingerprint density at radius 3 is 2.33 bits per heavy atom. The highest BCUT2D eigenvalue weighted by molar-refractivity contribution is 7.10. The van der Waals surface area contributed by atoms with Crippen LogP contribution in [0.25, 0.3) is 0 Å². The van der Waals surface area contributed by atoms with Gasteiger partial charge in [0.15, 0.2) is 35.6 Å². The lowest BCUT2D eigenvalue weighted by atomic mass is 9.65. The second-order valence-electron chi connectivity index (χ2n) is 12.1. The molecule has 5 N–H and O–H groups in total. The highest BCUT2D eigenvalue weighted by Gasteiger charge is 2.65. The van der Waals surface area contributed by atoms with Crippen molar-refractivity contribution in [2.24, 2.45) is 11.8 Å². The monoisotopic (exact) mass is 688 g/mol. The number of thiophene rings is 1. The summed E-state index contributed by atoms with van der Waals surface area (Å²) in [6, 6.07) is 9.93. The highest BCUT2D eigenvalue weighted by Crippen LogP contribution is 2.60. The summed E-state index contributed by atoms with van der Waals surface area (Å²) in [5, 5.41) is 57.4. The van der Waals surface area contributed by atoms with Crippen molar-refractivity contribution in [2.45, 2.75) is 55.0 Å². The van der Waals surface area contributed by atoms with E-state index in [4.69, 9.17) is 42.6 Å². The number of phenolic OH excluding ortho intramolecular Hbond substituents is 1. The molecular weight excluding hydrogens is 656 g/mol. The van der Waals surface area contributed by atoms with Crippen LogP contribution < -0.4 is 18.9 Å². The van der Waals surface area contributed by atoms with Crippen molar-refractivity contribution in [1.29, 1.82) is 0 Å². The lowest BCUT2D eigenvalue weighted by Gasteiger charge is -2.48. The molecule has 3 fully saturated rings. The fourth-order valence-electron chi connectivity index (χ4n) is 7.31. The van der Waals surface area contributed by atoms with Crippen LogP contribution in [0.3, 0.4) is 0 Å². The molecule has 8 rings (SSSR count). The summed E-state index contributed by atoms with van der Waals surface area (Å²) < 4.78 is 51.5. The minimum Gasteiger partial charge on any atom is -0.502 e. The Morgan fingerprint density at radius 2 is 1.67 bits per heavy atom. The quantitative estimate of drug-likeness (QED) is 0.184. The third kappa shape index (κ3) is 4.90. The number of hydrogen-bond donors (Lipinski definition) is 5. The number of rotatable bonds is 6. The van der Waals surface area contributed by atoms with Crippen LogP contribution in [0.2, 0.25) is 0 Å². The smallest absolute Gasteiger partial charge is 0.331 e. The maximum absolute atomic E-state index is 13.6. The predicted octanol–water partition coefficient (Wildman–Crippen LogP) is 1.39. The van der Waals surface area contributed by atoms with E-state index in [1.807, 2.05) is 17.5 Å². The Bertz CT molecular complexity index is 1680. The molecule has 256 valence electrons. The molecule has 16 heteroatoms. The number of aliphatic hydroxyl groups excluding tert-OH is 2. The number of aromatic hydroxyl groups is 1. The molecule has 0 saturated carbocycles. The van der Waals surface area contributed by atoms with E-state index < -0.39 is 72.8 Å². The minimum atomic E-state index is -3.03. The van der Waals surface area contributed by atoms with Gasteiger partial charge in [0.2, 0.25) is 12.5 Å². The zero-order valence-corrected chi connectivity index (χ0v) is 26.3. The summed E-state index contributed by atoms with van der Waals surface area (Å²) in [7, 11) is 2.71. The van der Waals surface area contributed by atoms with E-state index in [0.29, 0.717) is 28.2 Å². The second kappa shape index (κ2) is 11.7. The summed E-state index contributed by atoms with van der Waals surface area (Å²) in [6.45, 7) is -0.0821. The lowest BCUT2D eigenvalue weighted by molar-refractivity contribution is -0.383. The largest absolute Gasteiger partial charge is 0.502 e. The fraction of sp³-hybridized carbons (Fsp3) is 0.469. The average molecular weight is 689 g/mol. The van der Waals surface area contributed by atoms with Gasteiger partial charge in [-0.3, -0.25) is 4.79 Å². The van der Waals surface area contributed by atoms with Crippen molar-refractivity contribution in [3.63, 3.8) is 0 Å². The molecule has 0 bridgehead atoms. The summed E-state index contributed by atoms with van der Waals surface area (Å²) in [4.78, 5) is 14.4. The van der Waals surface area contributed by atoms with Crippen LogP contribution in [0.5, 0.6) is 28.7 Å². The number of cyclic esters (lactones) is 1. The number of aliphatic hydroxyl groups is 4. The van der Waals surface area contributed by atoms with Crippen molar-refractivity contribution in [3.8, 4) is 28.7 Å². The van der Waals surface area contributed by atoms with E-state index in [1.165, 1.54) is 37.7 Å². The molecule has 0 radical (unpaired) electrons. The molecule has 10 atom stereocenters. The van der Waals surface area contributed by atoms with Gasteiger partial charge in [0.1, 0.15) is 24.4 Å². The number of methoxy groups -OCH3 is 2. The Kier molecular flexibility index (Phi) is 7.70. The highest BCUT2D eigenvalue weighted by atomic mass is 32.1. The van der Waals surface area contributed by atoms with Crippen LogP contribution in [-0.4, -0.2) is 95.8 Å². The Hall–Kier alpha value is -3.71. The fourth-order valence-corrected chi connectivity index (χ4v) is 8.02. The van der Waals surface area contributed by atoms with Crippen LogP contribution in [-0.2, 0) is 28.5 Å². The first-order valence-electron chi connectivity index (χ1n) is 15.1. The van der Waals surface area contributed by atoms with E-state index in [2.05, 4.69) is 0 Å². The van der Waals surface area contributed by atoms with Crippen LogP contribution in [0, 0.1) is 11.8 Å². The van der Waals surface area contributed by atoms with Crippen molar-refractivity contribution in [3.05, 3.63) is 63.3 Å². The molecule has 0 spiro atoms. The number of ether oxygens (including phenoxy) is 9. The average Bonchev–Trinajstić information content (AvgIpc) is 3.82. The predicted molar refractivity (Wildman–Crippen MR) is 158 cm³/mol. The van der Waals surface area contributed by atoms with Crippen LogP contribution in [0.1, 0.15) is 39.9 Å². The number of benzene rings is 2. The zero-order chi connectivity index (χ0) is 33.5. The standard InChI is InChI=1S/C32H32O15S/c1-39-17-6-12(7-18(40-2)24(17)33)21-13-8-15-16(43-11-42-15)9-14(13)27(23-22(21)29(36)47-32(23,37)38)45-31-26(35)25(34)28-19(44-31)10-41-30(46-28)20-4-3-5-48-20/h3-9,19,21-23,25-28,30-31,33-35,37-38H,10-11H2,1-2H3. The van der Waals surface area contributed by atoms with Crippen LogP contribution >= 0.6 is 11.3 Å². The molecule has 5 heterocycles. The van der Waals surface area contributed by atoms with Crippen molar-refractivity contribution in [2.75, 3.05) is 27.6 Å². The van der Waals surface area contributed by atoms with Gasteiger partial charge in [-0.2, -0.15) is 0 Å². The Morgan fingerprint density at radius 1 is 0.958 bits per heavy atom. The van der Waals surface area contributed by atoms with E-state index >= 15 is 0 Å². The first kappa shape index (κ1) is 31.6. The van der Waals surface area contributed by atoms with Gasteiger partial charge in [-0.1, -0.05) is 6.07 Å². The van der Waals surface area contributed by atoms with Crippen LogP contribution in [0.4, 0.5) is 0 Å². The molecule has 1 aliphatic carbocycles. The van der Waals surface area contributed by atoms with Crippen LogP contribution in [0.15, 0.2) is 41.8 Å². The topological polar surface area (TPSA) is 201 Å².